The number of aromatic nitrogens is 5. The Morgan fingerprint density at radius 2 is 1.65 bits per heavy atom. The number of hydrogen-bond donors (Lipinski definition) is 2. The van der Waals surface area contributed by atoms with Crippen LogP contribution < -0.4 is 11.0 Å². The van der Waals surface area contributed by atoms with Gasteiger partial charge in [0, 0.05) is 28.6 Å². The highest BCUT2D eigenvalue weighted by molar-refractivity contribution is 5.74. The molecule has 0 saturated carbocycles. The lowest BCUT2D eigenvalue weighted by atomic mass is 9.91. The highest BCUT2D eigenvalue weighted by Crippen LogP contribution is 2.19. The fourth-order valence-electron chi connectivity index (χ4n) is 2.48. The van der Waals surface area contributed by atoms with E-state index in [9.17, 15) is 9.59 Å². The van der Waals surface area contributed by atoms with Gasteiger partial charge in [0.25, 0.3) is 11.5 Å². The molecule has 0 aliphatic heterocycles. The normalized spacial score (nSPS) is 12.0. The van der Waals surface area contributed by atoms with E-state index in [-0.39, 0.29) is 22.2 Å². The topological polar surface area (TPSA) is 96.4 Å². The number of aromatic amines is 2. The van der Waals surface area contributed by atoms with Gasteiger partial charge in [0.1, 0.15) is 11.0 Å². The summed E-state index contributed by atoms with van der Waals surface area (Å²) in [5.74, 6) is 0.230. The quantitative estimate of drug-likeness (QED) is 0.715. The minimum atomic E-state index is -0.452. The number of pyridine rings is 1. The predicted molar refractivity (Wildman–Crippen MR) is 88.3 cm³/mol. The van der Waals surface area contributed by atoms with Crippen LogP contribution in [0, 0.1) is 13.8 Å². The van der Waals surface area contributed by atoms with Crippen LogP contribution in [0.4, 0.5) is 0 Å². The van der Waals surface area contributed by atoms with E-state index in [2.05, 4.69) is 20.1 Å². The van der Waals surface area contributed by atoms with Gasteiger partial charge in [-0.15, -0.1) is 0 Å². The molecule has 120 valence electrons. The molecule has 2 N–H and O–H groups in total. The van der Waals surface area contributed by atoms with Crippen LogP contribution in [-0.2, 0) is 5.41 Å². The second-order valence-electron chi connectivity index (χ2n) is 6.75. The highest BCUT2D eigenvalue weighted by atomic mass is 16.1. The van der Waals surface area contributed by atoms with Gasteiger partial charge in [-0.3, -0.25) is 14.7 Å². The number of fused-ring (bicyclic) bond motifs is 1. The van der Waals surface area contributed by atoms with Crippen molar-refractivity contribution in [2.45, 2.75) is 40.0 Å². The Kier molecular flexibility index (Phi) is 3.24. The van der Waals surface area contributed by atoms with Gasteiger partial charge < -0.3 is 4.98 Å². The standard InChI is InChI=1S/C16H19N5O2/c1-8-6-9(2)18-15(17-8)21-14(23)12-10(22)7-11(16(3,4)5)19-13(12)20-21/h6-7H,1-5H3,(H2,19,20,22). The third-order valence-electron chi connectivity index (χ3n) is 3.65. The average molecular weight is 313 g/mol. The fourth-order valence-corrected chi connectivity index (χ4v) is 2.48. The second-order valence-corrected chi connectivity index (χ2v) is 6.75. The number of nitrogens with one attached hydrogen (secondary N) is 2. The molecule has 0 spiro atoms. The van der Waals surface area contributed by atoms with Crippen molar-refractivity contribution in [3.05, 3.63) is 49.8 Å². The van der Waals surface area contributed by atoms with E-state index in [1.54, 1.807) is 0 Å². The number of hydrogen-bond acceptors (Lipinski definition) is 4. The van der Waals surface area contributed by atoms with Crippen LogP contribution in [-0.4, -0.2) is 24.7 Å². The van der Waals surface area contributed by atoms with Gasteiger partial charge >= 0.3 is 0 Å². The average Bonchev–Trinajstić information content (AvgIpc) is 2.74. The van der Waals surface area contributed by atoms with E-state index in [4.69, 9.17) is 0 Å². The third-order valence-corrected chi connectivity index (χ3v) is 3.65. The second kappa shape index (κ2) is 4.91. The molecule has 23 heavy (non-hydrogen) atoms. The molecule has 0 atom stereocenters. The molecule has 0 bridgehead atoms. The summed E-state index contributed by atoms with van der Waals surface area (Å²) in [4.78, 5) is 36.6. The minimum absolute atomic E-state index is 0.0840. The number of nitrogens with zero attached hydrogens (tertiary/aromatic N) is 3. The van der Waals surface area contributed by atoms with Crippen LogP contribution in [0.5, 0.6) is 0 Å². The molecule has 0 radical (unpaired) electrons. The summed E-state index contributed by atoms with van der Waals surface area (Å²) in [6, 6.07) is 3.30. The highest BCUT2D eigenvalue weighted by Gasteiger charge is 2.20. The lowest BCUT2D eigenvalue weighted by Crippen LogP contribution is -2.22. The smallest absolute Gasteiger partial charge is 0.287 e. The third kappa shape index (κ3) is 2.58. The first kappa shape index (κ1) is 15.2. The predicted octanol–water partition coefficient (Wildman–Crippen LogP) is 1.71. The molecule has 0 aromatic carbocycles. The summed E-state index contributed by atoms with van der Waals surface area (Å²) in [6.07, 6.45) is 0. The summed E-state index contributed by atoms with van der Waals surface area (Å²) in [5, 5.41) is 3.00. The molecule has 0 aliphatic rings. The molecule has 3 aromatic heterocycles. The van der Waals surface area contributed by atoms with E-state index < -0.39 is 5.56 Å². The summed E-state index contributed by atoms with van der Waals surface area (Å²) in [7, 11) is 0. The Morgan fingerprint density at radius 1 is 1.04 bits per heavy atom. The van der Waals surface area contributed by atoms with Crippen molar-refractivity contribution >= 4 is 11.0 Å². The monoisotopic (exact) mass is 313 g/mol. The van der Waals surface area contributed by atoms with Crippen molar-refractivity contribution in [3.8, 4) is 5.95 Å². The first-order valence-corrected chi connectivity index (χ1v) is 7.38. The van der Waals surface area contributed by atoms with Gasteiger partial charge in [-0.2, -0.15) is 4.68 Å². The van der Waals surface area contributed by atoms with Gasteiger partial charge in [0.2, 0.25) is 0 Å². The maximum absolute atomic E-state index is 12.6. The van der Waals surface area contributed by atoms with Crippen LogP contribution in [0.25, 0.3) is 17.0 Å². The van der Waals surface area contributed by atoms with Crippen LogP contribution in [0.15, 0.2) is 21.7 Å². The van der Waals surface area contributed by atoms with Crippen molar-refractivity contribution < 1.29 is 0 Å². The van der Waals surface area contributed by atoms with Gasteiger partial charge in [-0.05, 0) is 19.9 Å². The molecular formula is C16H19N5O2. The molecule has 0 saturated heterocycles. The molecule has 3 rings (SSSR count). The van der Waals surface area contributed by atoms with Crippen molar-refractivity contribution in [3.63, 3.8) is 0 Å². The molecule has 0 fully saturated rings. The summed E-state index contributed by atoms with van der Waals surface area (Å²) < 4.78 is 1.20. The zero-order valence-corrected chi connectivity index (χ0v) is 13.8. The largest absolute Gasteiger partial charge is 0.343 e. The van der Waals surface area contributed by atoms with Gasteiger partial charge in [-0.25, -0.2) is 9.97 Å². The van der Waals surface area contributed by atoms with Gasteiger partial charge in [-0.1, -0.05) is 20.8 Å². The van der Waals surface area contributed by atoms with Crippen molar-refractivity contribution in [1.82, 2.24) is 24.7 Å². The summed E-state index contributed by atoms with van der Waals surface area (Å²) >= 11 is 0. The molecule has 0 aliphatic carbocycles. The Balaban J connectivity index is 2.33. The summed E-state index contributed by atoms with van der Waals surface area (Å²) in [5.41, 5.74) is 1.64. The maximum atomic E-state index is 12.6. The lowest BCUT2D eigenvalue weighted by Gasteiger charge is -2.17. The van der Waals surface area contributed by atoms with Crippen LogP contribution >= 0.6 is 0 Å². The van der Waals surface area contributed by atoms with Crippen LogP contribution in [0.1, 0.15) is 37.9 Å². The minimum Gasteiger partial charge on any atom is -0.343 e. The Bertz CT molecular complexity index is 997. The Morgan fingerprint density at radius 3 is 2.22 bits per heavy atom. The van der Waals surface area contributed by atoms with Crippen LogP contribution in [0.2, 0.25) is 0 Å². The molecule has 7 nitrogen and oxygen atoms in total. The SMILES string of the molecule is Cc1cc(C)nc(-n2[nH]c3[nH]c(C(C)(C)C)cc(=O)c3c2=O)n1. The van der Waals surface area contributed by atoms with E-state index in [1.807, 2.05) is 40.7 Å². The Hall–Kier alpha value is -2.70. The number of H-pyrrole nitrogens is 2. The molecular weight excluding hydrogens is 294 g/mol. The van der Waals surface area contributed by atoms with E-state index in [1.165, 1.54) is 10.7 Å². The zero-order chi connectivity index (χ0) is 16.9. The molecule has 3 aromatic rings. The number of aryl methyl sites for hydroxylation is 2. The first-order chi connectivity index (χ1) is 10.7. The van der Waals surface area contributed by atoms with Crippen molar-refractivity contribution in [2.24, 2.45) is 0 Å². The summed E-state index contributed by atoms with van der Waals surface area (Å²) in [6.45, 7) is 9.63. The fraction of sp³-hybridized carbons (Fsp3) is 0.375. The van der Waals surface area contributed by atoms with E-state index >= 15 is 0 Å². The van der Waals surface area contributed by atoms with Gasteiger partial charge in [0.05, 0.1) is 0 Å². The molecule has 0 unspecified atom stereocenters. The zero-order valence-electron chi connectivity index (χ0n) is 13.8. The van der Waals surface area contributed by atoms with Crippen LogP contribution in [0.3, 0.4) is 0 Å². The number of rotatable bonds is 1. The molecule has 3 heterocycles. The molecule has 0 amide bonds. The van der Waals surface area contributed by atoms with Crippen molar-refractivity contribution in [1.29, 1.82) is 0 Å². The lowest BCUT2D eigenvalue weighted by molar-refractivity contribution is 0.570. The van der Waals surface area contributed by atoms with E-state index in [0.717, 1.165) is 17.1 Å². The van der Waals surface area contributed by atoms with Crippen molar-refractivity contribution in [2.75, 3.05) is 0 Å². The Labute approximate surface area is 132 Å². The molecule has 7 heteroatoms. The first-order valence-electron chi connectivity index (χ1n) is 7.38. The van der Waals surface area contributed by atoms with E-state index in [0.29, 0.717) is 5.65 Å². The maximum Gasteiger partial charge on any atom is 0.287 e. The van der Waals surface area contributed by atoms with Gasteiger partial charge in [0.15, 0.2) is 5.43 Å².